The zero-order chi connectivity index (χ0) is 13.1. The predicted molar refractivity (Wildman–Crippen MR) is 73.1 cm³/mol. The number of likely N-dealkylation sites (tertiary alicyclic amines) is 1. The molecular weight excluding hydrogens is 227 g/mol. The molecule has 0 amide bonds. The summed E-state index contributed by atoms with van der Waals surface area (Å²) in [7, 11) is 2.17. The van der Waals surface area contributed by atoms with Gasteiger partial charge in [-0.2, -0.15) is 0 Å². The van der Waals surface area contributed by atoms with Crippen LogP contribution in [0.25, 0.3) is 0 Å². The lowest BCUT2D eigenvalue weighted by molar-refractivity contribution is 0.163. The second-order valence-corrected chi connectivity index (χ2v) is 5.46. The van der Waals surface area contributed by atoms with Gasteiger partial charge in [0, 0.05) is 23.7 Å². The van der Waals surface area contributed by atoms with Crippen LogP contribution in [0.2, 0.25) is 0 Å². The van der Waals surface area contributed by atoms with Gasteiger partial charge >= 0.3 is 0 Å². The van der Waals surface area contributed by atoms with Crippen molar-refractivity contribution >= 4 is 0 Å². The van der Waals surface area contributed by atoms with Gasteiger partial charge in [-0.05, 0) is 46.3 Å². The molecule has 1 aliphatic heterocycles. The molecule has 1 fully saturated rings. The van der Waals surface area contributed by atoms with Crippen molar-refractivity contribution in [3.8, 4) is 0 Å². The number of hydrogen-bond donors (Lipinski definition) is 1. The van der Waals surface area contributed by atoms with Crippen LogP contribution in [-0.4, -0.2) is 30.6 Å². The fourth-order valence-electron chi connectivity index (χ4n) is 2.71. The maximum absolute atomic E-state index is 13.7. The Hall–Kier alpha value is -0.930. The van der Waals surface area contributed by atoms with Crippen LogP contribution >= 0.6 is 0 Å². The summed E-state index contributed by atoms with van der Waals surface area (Å²) < 4.78 is 13.7. The molecule has 18 heavy (non-hydrogen) atoms. The Morgan fingerprint density at radius 2 is 2.11 bits per heavy atom. The van der Waals surface area contributed by atoms with Crippen LogP contribution in [0.5, 0.6) is 0 Å². The SMILES string of the molecule is CC1CC(N[C@H](C)c2ccccc2F)CCN1C. The van der Waals surface area contributed by atoms with Crippen molar-refractivity contribution in [3.05, 3.63) is 35.6 Å². The minimum absolute atomic E-state index is 0.0757. The van der Waals surface area contributed by atoms with Gasteiger partial charge < -0.3 is 10.2 Å². The van der Waals surface area contributed by atoms with Crippen LogP contribution in [0.4, 0.5) is 4.39 Å². The average molecular weight is 250 g/mol. The van der Waals surface area contributed by atoms with Crippen molar-refractivity contribution in [1.29, 1.82) is 0 Å². The first-order chi connectivity index (χ1) is 8.58. The summed E-state index contributed by atoms with van der Waals surface area (Å²) in [5.41, 5.74) is 0.768. The molecule has 2 rings (SSSR count). The van der Waals surface area contributed by atoms with Crippen LogP contribution in [0.3, 0.4) is 0 Å². The molecule has 1 saturated heterocycles. The van der Waals surface area contributed by atoms with E-state index in [1.807, 2.05) is 19.1 Å². The van der Waals surface area contributed by atoms with E-state index in [1.165, 1.54) is 6.07 Å². The second-order valence-electron chi connectivity index (χ2n) is 5.46. The molecule has 1 heterocycles. The van der Waals surface area contributed by atoms with E-state index in [2.05, 4.69) is 24.2 Å². The molecule has 1 N–H and O–H groups in total. The Balaban J connectivity index is 1.96. The van der Waals surface area contributed by atoms with Crippen LogP contribution in [-0.2, 0) is 0 Å². The molecule has 0 bridgehead atoms. The first kappa shape index (κ1) is 13.5. The van der Waals surface area contributed by atoms with Gasteiger partial charge in [-0.15, -0.1) is 0 Å². The van der Waals surface area contributed by atoms with Crippen LogP contribution in [0.15, 0.2) is 24.3 Å². The van der Waals surface area contributed by atoms with Gasteiger partial charge in [0.2, 0.25) is 0 Å². The Labute approximate surface area is 109 Å². The third kappa shape index (κ3) is 3.09. The Kier molecular flexibility index (Phi) is 4.36. The highest BCUT2D eigenvalue weighted by Gasteiger charge is 2.24. The van der Waals surface area contributed by atoms with Crippen molar-refractivity contribution in [2.75, 3.05) is 13.6 Å². The second kappa shape index (κ2) is 5.81. The highest BCUT2D eigenvalue weighted by atomic mass is 19.1. The number of nitrogens with one attached hydrogen (secondary N) is 1. The summed E-state index contributed by atoms with van der Waals surface area (Å²) >= 11 is 0. The smallest absolute Gasteiger partial charge is 0.127 e. The topological polar surface area (TPSA) is 15.3 Å². The van der Waals surface area contributed by atoms with E-state index in [0.29, 0.717) is 12.1 Å². The summed E-state index contributed by atoms with van der Waals surface area (Å²) in [5.74, 6) is -0.113. The van der Waals surface area contributed by atoms with Gasteiger partial charge in [-0.3, -0.25) is 0 Å². The van der Waals surface area contributed by atoms with E-state index >= 15 is 0 Å². The monoisotopic (exact) mass is 250 g/mol. The minimum atomic E-state index is -0.113. The fraction of sp³-hybridized carbons (Fsp3) is 0.600. The maximum Gasteiger partial charge on any atom is 0.127 e. The first-order valence-corrected chi connectivity index (χ1v) is 6.78. The lowest BCUT2D eigenvalue weighted by Crippen LogP contribution is -2.46. The van der Waals surface area contributed by atoms with E-state index in [-0.39, 0.29) is 11.9 Å². The number of halogens is 1. The fourth-order valence-corrected chi connectivity index (χ4v) is 2.71. The third-order valence-corrected chi connectivity index (χ3v) is 4.07. The lowest BCUT2D eigenvalue weighted by Gasteiger charge is -2.36. The van der Waals surface area contributed by atoms with E-state index in [4.69, 9.17) is 0 Å². The Bertz CT molecular complexity index is 394. The molecule has 0 radical (unpaired) electrons. The minimum Gasteiger partial charge on any atom is -0.307 e. The van der Waals surface area contributed by atoms with Gasteiger partial charge in [0.1, 0.15) is 5.82 Å². The van der Waals surface area contributed by atoms with Crippen molar-refractivity contribution in [2.45, 2.75) is 44.8 Å². The average Bonchev–Trinajstić information content (AvgIpc) is 2.34. The molecule has 1 aromatic rings. The maximum atomic E-state index is 13.7. The quantitative estimate of drug-likeness (QED) is 0.887. The van der Waals surface area contributed by atoms with E-state index in [1.54, 1.807) is 6.07 Å². The number of rotatable bonds is 3. The molecule has 0 aromatic heterocycles. The van der Waals surface area contributed by atoms with Gasteiger partial charge in [0.15, 0.2) is 0 Å². The van der Waals surface area contributed by atoms with Gasteiger partial charge in [0.25, 0.3) is 0 Å². The zero-order valence-electron chi connectivity index (χ0n) is 11.5. The first-order valence-electron chi connectivity index (χ1n) is 6.78. The van der Waals surface area contributed by atoms with E-state index < -0.39 is 0 Å². The Morgan fingerprint density at radius 3 is 2.78 bits per heavy atom. The lowest BCUT2D eigenvalue weighted by atomic mass is 9.97. The standard InChI is InChI=1S/C15H23FN2/c1-11-10-13(8-9-18(11)3)17-12(2)14-6-4-5-7-15(14)16/h4-7,11-13,17H,8-10H2,1-3H3/t11?,12-,13?/m1/s1. The molecule has 0 aliphatic carbocycles. The van der Waals surface area contributed by atoms with Crippen molar-refractivity contribution in [3.63, 3.8) is 0 Å². The third-order valence-electron chi connectivity index (χ3n) is 4.07. The molecule has 100 valence electrons. The van der Waals surface area contributed by atoms with E-state index in [9.17, 15) is 4.39 Å². The molecule has 0 spiro atoms. The molecule has 0 saturated carbocycles. The number of benzene rings is 1. The van der Waals surface area contributed by atoms with Gasteiger partial charge in [0.05, 0.1) is 0 Å². The van der Waals surface area contributed by atoms with Gasteiger partial charge in [-0.25, -0.2) is 4.39 Å². The predicted octanol–water partition coefficient (Wildman–Crippen LogP) is 2.96. The summed E-state index contributed by atoms with van der Waals surface area (Å²) in [6.45, 7) is 5.41. The molecule has 2 nitrogen and oxygen atoms in total. The van der Waals surface area contributed by atoms with Crippen molar-refractivity contribution in [1.82, 2.24) is 10.2 Å². The molecular formula is C15H23FN2. The van der Waals surface area contributed by atoms with E-state index in [0.717, 1.165) is 24.9 Å². The normalized spacial score (nSPS) is 27.1. The molecule has 3 heteroatoms. The summed E-state index contributed by atoms with van der Waals surface area (Å²) in [5, 5.41) is 3.56. The summed E-state index contributed by atoms with van der Waals surface area (Å²) in [6.07, 6.45) is 2.27. The van der Waals surface area contributed by atoms with Crippen molar-refractivity contribution < 1.29 is 4.39 Å². The van der Waals surface area contributed by atoms with Crippen LogP contribution < -0.4 is 5.32 Å². The van der Waals surface area contributed by atoms with Gasteiger partial charge in [-0.1, -0.05) is 18.2 Å². The van der Waals surface area contributed by atoms with Crippen LogP contribution in [0.1, 0.15) is 38.3 Å². The molecule has 1 aliphatic rings. The molecule has 2 unspecified atom stereocenters. The largest absolute Gasteiger partial charge is 0.307 e. The van der Waals surface area contributed by atoms with Crippen molar-refractivity contribution in [2.24, 2.45) is 0 Å². The summed E-state index contributed by atoms with van der Waals surface area (Å²) in [6, 6.07) is 8.20. The Morgan fingerprint density at radius 1 is 1.39 bits per heavy atom. The highest BCUT2D eigenvalue weighted by molar-refractivity contribution is 5.20. The zero-order valence-corrected chi connectivity index (χ0v) is 11.5. The number of piperidine rings is 1. The summed E-state index contributed by atoms with van der Waals surface area (Å²) in [4.78, 5) is 2.38. The number of nitrogens with zero attached hydrogens (tertiary/aromatic N) is 1. The highest BCUT2D eigenvalue weighted by Crippen LogP contribution is 2.21. The van der Waals surface area contributed by atoms with Crippen LogP contribution in [0, 0.1) is 5.82 Å². The number of hydrogen-bond acceptors (Lipinski definition) is 2. The molecule has 1 aromatic carbocycles. The molecule has 3 atom stereocenters.